The predicted octanol–water partition coefficient (Wildman–Crippen LogP) is 3.39. The summed E-state index contributed by atoms with van der Waals surface area (Å²) < 4.78 is 14.8. The van der Waals surface area contributed by atoms with Crippen LogP contribution >= 0.6 is 23.1 Å². The van der Waals surface area contributed by atoms with Gasteiger partial charge in [-0.15, -0.1) is 10.2 Å². The quantitative estimate of drug-likeness (QED) is 0.917. The molecule has 0 unspecified atom stereocenters. The topological polar surface area (TPSA) is 37.8 Å². The molecular weight excluding hydrogens is 281 g/mol. The molecule has 0 bridgehead atoms. The van der Waals surface area contributed by atoms with Crippen molar-refractivity contribution in [2.45, 2.75) is 41.6 Å². The summed E-state index contributed by atoms with van der Waals surface area (Å²) in [5.41, 5.74) is 0.991. The van der Waals surface area contributed by atoms with Crippen molar-refractivity contribution in [3.63, 3.8) is 0 Å². The van der Waals surface area contributed by atoms with Crippen molar-refractivity contribution in [2.75, 3.05) is 0 Å². The third-order valence-electron chi connectivity index (χ3n) is 2.90. The molecule has 2 aromatic rings. The highest BCUT2D eigenvalue weighted by molar-refractivity contribution is 8.01. The van der Waals surface area contributed by atoms with Crippen molar-refractivity contribution in [1.29, 1.82) is 0 Å². The van der Waals surface area contributed by atoms with E-state index in [1.807, 2.05) is 13.0 Å². The highest BCUT2D eigenvalue weighted by Crippen LogP contribution is 2.34. The average Bonchev–Trinajstić information content (AvgIpc) is 3.13. The van der Waals surface area contributed by atoms with Crippen molar-refractivity contribution in [1.82, 2.24) is 15.5 Å². The number of hydrogen-bond acceptors (Lipinski definition) is 5. The number of aryl methyl sites for hydroxylation is 1. The summed E-state index contributed by atoms with van der Waals surface area (Å²) in [4.78, 5) is 0.659. The number of nitrogens with one attached hydrogen (secondary N) is 1. The molecule has 0 spiro atoms. The maximum Gasteiger partial charge on any atom is 0.179 e. The molecule has 0 amide bonds. The maximum atomic E-state index is 14.0. The van der Waals surface area contributed by atoms with E-state index in [0.717, 1.165) is 14.9 Å². The molecule has 0 atom stereocenters. The fourth-order valence-electron chi connectivity index (χ4n) is 1.76. The van der Waals surface area contributed by atoms with Crippen LogP contribution < -0.4 is 5.32 Å². The minimum absolute atomic E-state index is 0.187. The van der Waals surface area contributed by atoms with E-state index in [-0.39, 0.29) is 5.82 Å². The second-order valence-corrected chi connectivity index (χ2v) is 7.01. The first-order chi connectivity index (χ1) is 9.22. The van der Waals surface area contributed by atoms with E-state index in [0.29, 0.717) is 17.5 Å². The predicted molar refractivity (Wildman–Crippen MR) is 75.0 cm³/mol. The normalized spacial score (nSPS) is 14.8. The van der Waals surface area contributed by atoms with Gasteiger partial charge in [-0.2, -0.15) is 0 Å². The van der Waals surface area contributed by atoms with Gasteiger partial charge in [-0.25, -0.2) is 4.39 Å². The molecular formula is C13H14FN3S2. The van der Waals surface area contributed by atoms with Gasteiger partial charge in [0.2, 0.25) is 0 Å². The second kappa shape index (κ2) is 5.56. The number of halogens is 1. The summed E-state index contributed by atoms with van der Waals surface area (Å²) in [5.74, 6) is -0.187. The van der Waals surface area contributed by atoms with Crippen LogP contribution in [0.25, 0.3) is 0 Å². The highest BCUT2D eigenvalue weighted by Gasteiger charge is 2.21. The molecule has 19 heavy (non-hydrogen) atoms. The van der Waals surface area contributed by atoms with Crippen LogP contribution in [0, 0.1) is 12.7 Å². The van der Waals surface area contributed by atoms with Gasteiger partial charge in [-0.1, -0.05) is 35.2 Å². The zero-order valence-electron chi connectivity index (χ0n) is 10.5. The van der Waals surface area contributed by atoms with E-state index in [1.54, 1.807) is 6.07 Å². The van der Waals surface area contributed by atoms with Gasteiger partial charge >= 0.3 is 0 Å². The Morgan fingerprint density at radius 1 is 1.42 bits per heavy atom. The van der Waals surface area contributed by atoms with Crippen molar-refractivity contribution in [3.05, 3.63) is 34.6 Å². The zero-order chi connectivity index (χ0) is 13.2. The fraction of sp³-hybridized carbons (Fsp3) is 0.385. The molecule has 0 aliphatic heterocycles. The minimum Gasteiger partial charge on any atom is -0.310 e. The lowest BCUT2D eigenvalue weighted by atomic mass is 10.2. The Bertz CT molecular complexity index is 581. The number of aromatic nitrogens is 2. The Morgan fingerprint density at radius 3 is 2.95 bits per heavy atom. The molecule has 3 nitrogen and oxygen atoms in total. The Kier molecular flexibility index (Phi) is 3.81. The summed E-state index contributed by atoms with van der Waals surface area (Å²) in [5, 5.41) is 12.3. The Labute approximate surface area is 119 Å². The molecule has 1 aromatic heterocycles. The summed E-state index contributed by atoms with van der Waals surface area (Å²) >= 11 is 2.85. The van der Waals surface area contributed by atoms with Gasteiger partial charge < -0.3 is 5.32 Å². The molecule has 1 heterocycles. The first kappa shape index (κ1) is 13.0. The molecule has 6 heteroatoms. The van der Waals surface area contributed by atoms with Crippen molar-refractivity contribution in [3.8, 4) is 0 Å². The second-order valence-electron chi connectivity index (χ2n) is 4.57. The molecule has 1 fully saturated rings. The summed E-state index contributed by atoms with van der Waals surface area (Å²) in [6.45, 7) is 2.61. The van der Waals surface area contributed by atoms with Gasteiger partial charge in [-0.3, -0.25) is 0 Å². The van der Waals surface area contributed by atoms with E-state index in [2.05, 4.69) is 15.5 Å². The van der Waals surface area contributed by atoms with Crippen LogP contribution in [0.5, 0.6) is 0 Å². The lowest BCUT2D eigenvalue weighted by Crippen LogP contribution is -2.16. The Morgan fingerprint density at radius 2 is 2.26 bits per heavy atom. The van der Waals surface area contributed by atoms with Gasteiger partial charge in [0.1, 0.15) is 10.8 Å². The van der Waals surface area contributed by atoms with Crippen LogP contribution in [0.3, 0.4) is 0 Å². The summed E-state index contributed by atoms with van der Waals surface area (Å²) in [7, 11) is 0. The van der Waals surface area contributed by atoms with Gasteiger partial charge in [0.05, 0.1) is 4.90 Å². The number of benzene rings is 1. The van der Waals surface area contributed by atoms with Crippen LogP contribution in [0.15, 0.2) is 27.4 Å². The van der Waals surface area contributed by atoms with Crippen LogP contribution in [-0.2, 0) is 6.54 Å². The third kappa shape index (κ3) is 3.32. The molecule has 3 rings (SSSR count). The molecule has 0 radical (unpaired) electrons. The van der Waals surface area contributed by atoms with Crippen LogP contribution in [0.1, 0.15) is 23.4 Å². The number of rotatable bonds is 5. The van der Waals surface area contributed by atoms with Gasteiger partial charge in [0.15, 0.2) is 4.34 Å². The van der Waals surface area contributed by atoms with Crippen LogP contribution in [0.4, 0.5) is 4.39 Å². The van der Waals surface area contributed by atoms with E-state index in [9.17, 15) is 4.39 Å². The van der Waals surface area contributed by atoms with Gasteiger partial charge in [0.25, 0.3) is 0 Å². The maximum absolute atomic E-state index is 14.0. The van der Waals surface area contributed by atoms with Crippen LogP contribution in [-0.4, -0.2) is 16.2 Å². The van der Waals surface area contributed by atoms with Gasteiger partial charge in [0, 0.05) is 12.6 Å². The molecule has 1 aromatic carbocycles. The number of nitrogens with zero attached hydrogens (tertiary/aromatic N) is 2. The van der Waals surface area contributed by atoms with E-state index in [4.69, 9.17) is 0 Å². The Balaban J connectivity index is 1.80. The molecule has 1 aliphatic rings. The highest BCUT2D eigenvalue weighted by atomic mass is 32.2. The Hall–Kier alpha value is -0.980. The van der Waals surface area contributed by atoms with E-state index >= 15 is 0 Å². The first-order valence-electron chi connectivity index (χ1n) is 6.21. The average molecular weight is 295 g/mol. The van der Waals surface area contributed by atoms with Crippen LogP contribution in [0.2, 0.25) is 0 Å². The third-order valence-corrected chi connectivity index (χ3v) is 4.95. The summed E-state index contributed by atoms with van der Waals surface area (Å²) in [6, 6.07) is 5.84. The standard InChI is InChI=1S/C13H14FN3S2/c1-8-16-17-13(18-8)19-12-9(3-2-4-11(12)14)7-15-10-5-6-10/h2-4,10,15H,5-7H2,1H3. The molecule has 1 N–H and O–H groups in total. The number of hydrogen-bond donors (Lipinski definition) is 1. The largest absolute Gasteiger partial charge is 0.310 e. The van der Waals surface area contributed by atoms with Crippen molar-refractivity contribution >= 4 is 23.1 Å². The smallest absolute Gasteiger partial charge is 0.179 e. The monoisotopic (exact) mass is 295 g/mol. The van der Waals surface area contributed by atoms with Crippen molar-refractivity contribution < 1.29 is 4.39 Å². The minimum atomic E-state index is -0.187. The SMILES string of the molecule is Cc1nnc(Sc2c(F)cccc2CNC2CC2)s1. The van der Waals surface area contributed by atoms with E-state index < -0.39 is 0 Å². The van der Waals surface area contributed by atoms with E-state index in [1.165, 1.54) is 42.0 Å². The van der Waals surface area contributed by atoms with Crippen molar-refractivity contribution in [2.24, 2.45) is 0 Å². The lowest BCUT2D eigenvalue weighted by Gasteiger charge is -2.09. The summed E-state index contributed by atoms with van der Waals surface area (Å²) in [6.07, 6.45) is 2.46. The molecule has 0 saturated heterocycles. The zero-order valence-corrected chi connectivity index (χ0v) is 12.2. The lowest BCUT2D eigenvalue weighted by molar-refractivity contribution is 0.589. The van der Waals surface area contributed by atoms with Gasteiger partial charge in [-0.05, 0) is 31.4 Å². The fourth-order valence-corrected chi connectivity index (χ4v) is 3.64. The first-order valence-corrected chi connectivity index (χ1v) is 7.84. The molecule has 100 valence electrons. The molecule has 1 saturated carbocycles. The molecule has 1 aliphatic carbocycles.